The average Bonchev–Trinajstić information content (AvgIpc) is 2.41. The van der Waals surface area contributed by atoms with E-state index in [1.807, 2.05) is 38.1 Å². The third-order valence-electron chi connectivity index (χ3n) is 2.56. The summed E-state index contributed by atoms with van der Waals surface area (Å²) in [6.07, 6.45) is 1.65. The molecule has 0 aliphatic heterocycles. The van der Waals surface area contributed by atoms with E-state index in [9.17, 15) is 4.79 Å². The molecule has 0 saturated heterocycles. The molecule has 0 radical (unpaired) electrons. The molecule has 1 heterocycles. The zero-order valence-electron chi connectivity index (χ0n) is 11.4. The Kier molecular flexibility index (Phi) is 4.94. The number of hydrogen-bond acceptors (Lipinski definition) is 3. The minimum Gasteiger partial charge on any atom is -0.368 e. The Hall–Kier alpha value is -1.63. The Labute approximate surface area is 132 Å². The molecule has 2 N–H and O–H groups in total. The van der Waals surface area contributed by atoms with E-state index >= 15 is 0 Å². The van der Waals surface area contributed by atoms with E-state index in [1.54, 1.807) is 18.3 Å². The summed E-state index contributed by atoms with van der Waals surface area (Å²) in [5.41, 5.74) is 1.32. The topological polar surface area (TPSA) is 54.0 Å². The van der Waals surface area contributed by atoms with Crippen LogP contribution in [0, 0.1) is 3.57 Å². The molecule has 1 aromatic carbocycles. The quantitative estimate of drug-likeness (QED) is 0.794. The van der Waals surface area contributed by atoms with Gasteiger partial charge in [0.2, 0.25) is 0 Å². The van der Waals surface area contributed by atoms with Gasteiger partial charge < -0.3 is 10.6 Å². The fraction of sp³-hybridized carbons (Fsp3) is 0.200. The van der Waals surface area contributed by atoms with E-state index in [4.69, 9.17) is 0 Å². The molecule has 0 unspecified atom stereocenters. The van der Waals surface area contributed by atoms with Gasteiger partial charge in [0, 0.05) is 15.2 Å². The second kappa shape index (κ2) is 6.69. The highest BCUT2D eigenvalue weighted by Crippen LogP contribution is 2.13. The molecule has 0 spiro atoms. The van der Waals surface area contributed by atoms with E-state index < -0.39 is 0 Å². The number of amides is 1. The van der Waals surface area contributed by atoms with Crippen molar-refractivity contribution in [1.82, 2.24) is 4.98 Å². The van der Waals surface area contributed by atoms with Gasteiger partial charge in [-0.3, -0.25) is 4.79 Å². The number of halogens is 1. The Morgan fingerprint density at radius 2 is 1.85 bits per heavy atom. The summed E-state index contributed by atoms with van der Waals surface area (Å²) in [5.74, 6) is 0.667. The van der Waals surface area contributed by atoms with E-state index in [0.29, 0.717) is 17.3 Å². The maximum absolute atomic E-state index is 12.0. The molecule has 5 heteroatoms. The number of anilines is 2. The maximum atomic E-state index is 12.0. The van der Waals surface area contributed by atoms with E-state index in [0.717, 1.165) is 9.39 Å². The molecule has 0 bridgehead atoms. The van der Waals surface area contributed by atoms with Crippen LogP contribution in [0.25, 0.3) is 0 Å². The lowest BCUT2D eigenvalue weighted by molar-refractivity contribution is 0.102. The van der Waals surface area contributed by atoms with Crippen LogP contribution in [0.15, 0.2) is 42.6 Å². The van der Waals surface area contributed by atoms with Gasteiger partial charge in [-0.05, 0) is 72.8 Å². The lowest BCUT2D eigenvalue weighted by Gasteiger charge is -2.10. The fourth-order valence-corrected chi connectivity index (χ4v) is 2.01. The van der Waals surface area contributed by atoms with Crippen LogP contribution < -0.4 is 10.6 Å². The first-order valence-electron chi connectivity index (χ1n) is 6.34. The van der Waals surface area contributed by atoms with Crippen LogP contribution in [-0.4, -0.2) is 16.9 Å². The van der Waals surface area contributed by atoms with Crippen molar-refractivity contribution in [1.29, 1.82) is 0 Å². The van der Waals surface area contributed by atoms with Gasteiger partial charge in [0.1, 0.15) is 5.82 Å². The number of rotatable bonds is 4. The van der Waals surface area contributed by atoms with Gasteiger partial charge in [-0.15, -0.1) is 0 Å². The highest BCUT2D eigenvalue weighted by atomic mass is 127. The van der Waals surface area contributed by atoms with Crippen molar-refractivity contribution < 1.29 is 4.79 Å². The van der Waals surface area contributed by atoms with Gasteiger partial charge in [-0.2, -0.15) is 0 Å². The molecule has 0 atom stereocenters. The first-order chi connectivity index (χ1) is 9.54. The normalized spacial score (nSPS) is 10.4. The summed E-state index contributed by atoms with van der Waals surface area (Å²) in [5, 5.41) is 6.03. The summed E-state index contributed by atoms with van der Waals surface area (Å²) in [4.78, 5) is 16.3. The maximum Gasteiger partial charge on any atom is 0.255 e. The molecule has 104 valence electrons. The Morgan fingerprint density at radius 3 is 2.40 bits per heavy atom. The number of hydrogen-bond donors (Lipinski definition) is 2. The number of carbonyl (C=O) groups excluding carboxylic acids is 1. The molecule has 0 saturated carbocycles. The van der Waals surface area contributed by atoms with Crippen LogP contribution in [0.4, 0.5) is 11.5 Å². The van der Waals surface area contributed by atoms with Crippen LogP contribution in [0.2, 0.25) is 0 Å². The van der Waals surface area contributed by atoms with Crippen molar-refractivity contribution in [2.24, 2.45) is 0 Å². The summed E-state index contributed by atoms with van der Waals surface area (Å²) in [7, 11) is 0. The highest BCUT2D eigenvalue weighted by Gasteiger charge is 2.06. The van der Waals surface area contributed by atoms with Crippen molar-refractivity contribution >= 4 is 40.0 Å². The molecule has 1 aromatic heterocycles. The van der Waals surface area contributed by atoms with E-state index in [1.165, 1.54) is 0 Å². The van der Waals surface area contributed by atoms with Crippen LogP contribution in [0.1, 0.15) is 24.2 Å². The Morgan fingerprint density at radius 1 is 1.15 bits per heavy atom. The van der Waals surface area contributed by atoms with Gasteiger partial charge in [0.05, 0.1) is 11.9 Å². The number of nitrogens with zero attached hydrogens (tertiary/aromatic N) is 1. The molecular formula is C15H16IN3O. The molecule has 20 heavy (non-hydrogen) atoms. The number of nitrogens with one attached hydrogen (secondary N) is 2. The monoisotopic (exact) mass is 381 g/mol. The zero-order chi connectivity index (χ0) is 14.5. The molecule has 2 rings (SSSR count). The van der Waals surface area contributed by atoms with Gasteiger partial charge in [0.15, 0.2) is 0 Å². The number of aromatic nitrogens is 1. The summed E-state index contributed by atoms with van der Waals surface area (Å²) in [6, 6.07) is 11.4. The number of benzene rings is 1. The largest absolute Gasteiger partial charge is 0.368 e. The average molecular weight is 381 g/mol. The van der Waals surface area contributed by atoms with Gasteiger partial charge >= 0.3 is 0 Å². The van der Waals surface area contributed by atoms with E-state index in [2.05, 4.69) is 38.2 Å². The van der Waals surface area contributed by atoms with E-state index in [-0.39, 0.29) is 5.91 Å². The third kappa shape index (κ3) is 4.19. The molecule has 0 aliphatic rings. The molecule has 4 nitrogen and oxygen atoms in total. The molecule has 0 fully saturated rings. The number of pyridine rings is 1. The predicted molar refractivity (Wildman–Crippen MR) is 90.1 cm³/mol. The van der Waals surface area contributed by atoms with Crippen molar-refractivity contribution in [2.45, 2.75) is 19.9 Å². The van der Waals surface area contributed by atoms with Crippen molar-refractivity contribution in [3.8, 4) is 0 Å². The van der Waals surface area contributed by atoms with Gasteiger partial charge in [-0.25, -0.2) is 4.98 Å². The van der Waals surface area contributed by atoms with Crippen LogP contribution in [0.3, 0.4) is 0 Å². The Balaban J connectivity index is 2.02. The van der Waals surface area contributed by atoms with Crippen molar-refractivity contribution in [3.05, 3.63) is 51.7 Å². The van der Waals surface area contributed by atoms with Crippen LogP contribution in [-0.2, 0) is 0 Å². The number of carbonyl (C=O) groups is 1. The second-order valence-corrected chi connectivity index (χ2v) is 5.94. The third-order valence-corrected chi connectivity index (χ3v) is 3.28. The SMILES string of the molecule is CC(C)Nc1ccc(NC(=O)c2ccc(I)cc2)cn1. The molecular weight excluding hydrogens is 365 g/mol. The van der Waals surface area contributed by atoms with Gasteiger partial charge in [0.25, 0.3) is 5.91 Å². The summed E-state index contributed by atoms with van der Waals surface area (Å²) >= 11 is 2.21. The van der Waals surface area contributed by atoms with Crippen LogP contribution >= 0.6 is 22.6 Å². The Bertz CT molecular complexity index is 579. The highest BCUT2D eigenvalue weighted by molar-refractivity contribution is 14.1. The zero-order valence-corrected chi connectivity index (χ0v) is 13.5. The summed E-state index contributed by atoms with van der Waals surface area (Å²) < 4.78 is 1.10. The predicted octanol–water partition coefficient (Wildman–Crippen LogP) is 3.76. The smallest absolute Gasteiger partial charge is 0.255 e. The van der Waals surface area contributed by atoms with Crippen LogP contribution in [0.5, 0.6) is 0 Å². The fourth-order valence-electron chi connectivity index (χ4n) is 1.65. The first kappa shape index (κ1) is 14.8. The first-order valence-corrected chi connectivity index (χ1v) is 7.42. The minimum absolute atomic E-state index is 0.132. The second-order valence-electron chi connectivity index (χ2n) is 4.69. The molecule has 0 aliphatic carbocycles. The van der Waals surface area contributed by atoms with Crippen molar-refractivity contribution in [3.63, 3.8) is 0 Å². The van der Waals surface area contributed by atoms with Gasteiger partial charge in [-0.1, -0.05) is 0 Å². The van der Waals surface area contributed by atoms with Crippen molar-refractivity contribution in [2.75, 3.05) is 10.6 Å². The molecule has 1 amide bonds. The lowest BCUT2D eigenvalue weighted by atomic mass is 10.2. The lowest BCUT2D eigenvalue weighted by Crippen LogP contribution is -2.13. The molecule has 2 aromatic rings. The summed E-state index contributed by atoms with van der Waals surface area (Å²) in [6.45, 7) is 4.10. The minimum atomic E-state index is -0.132. The standard InChI is InChI=1S/C15H16IN3O/c1-10(2)18-14-8-7-13(9-17-14)19-15(20)11-3-5-12(16)6-4-11/h3-10H,1-2H3,(H,17,18)(H,19,20).